The van der Waals surface area contributed by atoms with Crippen molar-refractivity contribution >= 4 is 81.2 Å². The average Bonchev–Trinajstić information content (AvgIpc) is 2.34. The molecule has 6 atom stereocenters. The van der Waals surface area contributed by atoms with Crippen molar-refractivity contribution in [3.8, 4) is 0 Å². The molecule has 0 aromatic heterocycles. The Morgan fingerprint density at radius 3 is 1.47 bits per heavy atom. The van der Waals surface area contributed by atoms with Crippen LogP contribution < -0.4 is 0 Å². The normalized spacial score (nSPS) is 22.6. The van der Waals surface area contributed by atoms with Crippen LogP contribution in [0.4, 0.5) is 0 Å². The standard InChI is InChI=1S/C10H15Cl7/c1-2-3-5(12)7(14)9(16)10(17)8(15)6(13)4-11/h5-10H,2-4H2,1H3. The van der Waals surface area contributed by atoms with E-state index in [1.54, 1.807) is 0 Å². The molecule has 0 radical (unpaired) electrons. The maximum Gasteiger partial charge on any atom is 0.0693 e. The van der Waals surface area contributed by atoms with E-state index >= 15 is 0 Å². The first-order valence-corrected chi connectivity index (χ1v) is 8.42. The van der Waals surface area contributed by atoms with Crippen molar-refractivity contribution in [3.05, 3.63) is 0 Å². The van der Waals surface area contributed by atoms with Gasteiger partial charge < -0.3 is 0 Å². The second kappa shape index (κ2) is 9.86. The fourth-order valence-corrected chi connectivity index (χ4v) is 3.58. The first-order valence-electron chi connectivity index (χ1n) is 5.27. The Bertz CT molecular complexity index is 201. The molecule has 0 fully saturated rings. The van der Waals surface area contributed by atoms with Crippen molar-refractivity contribution in [2.24, 2.45) is 0 Å². The molecule has 17 heavy (non-hydrogen) atoms. The molecule has 0 saturated heterocycles. The van der Waals surface area contributed by atoms with Gasteiger partial charge in [-0.25, -0.2) is 0 Å². The second-order valence-corrected chi connectivity index (χ2v) is 7.20. The van der Waals surface area contributed by atoms with Gasteiger partial charge in [0.05, 0.1) is 32.3 Å². The predicted octanol–water partition coefficient (Wildman–Crippen LogP) is 5.67. The molecule has 0 nitrogen and oxygen atoms in total. The summed E-state index contributed by atoms with van der Waals surface area (Å²) in [5.74, 6) is 0.203. The zero-order valence-electron chi connectivity index (χ0n) is 9.23. The summed E-state index contributed by atoms with van der Waals surface area (Å²) in [6.45, 7) is 2.02. The number of hydrogen-bond donors (Lipinski definition) is 0. The lowest BCUT2D eigenvalue weighted by molar-refractivity contribution is 0.616. The van der Waals surface area contributed by atoms with E-state index in [0.29, 0.717) is 0 Å². The van der Waals surface area contributed by atoms with Crippen LogP contribution in [0.2, 0.25) is 0 Å². The SMILES string of the molecule is CCCC(Cl)C(Cl)C(Cl)C(Cl)C(Cl)C(Cl)CCl. The van der Waals surface area contributed by atoms with Crippen LogP contribution in [0, 0.1) is 0 Å². The summed E-state index contributed by atoms with van der Waals surface area (Å²) in [6.07, 6.45) is 1.70. The largest absolute Gasteiger partial charge is 0.125 e. The molecule has 0 spiro atoms. The maximum absolute atomic E-state index is 6.17. The van der Waals surface area contributed by atoms with Gasteiger partial charge in [0.15, 0.2) is 0 Å². The zero-order valence-corrected chi connectivity index (χ0v) is 14.5. The Kier molecular flexibility index (Phi) is 11.0. The Morgan fingerprint density at radius 1 is 0.706 bits per heavy atom. The van der Waals surface area contributed by atoms with Crippen LogP contribution in [-0.2, 0) is 0 Å². The Morgan fingerprint density at radius 2 is 1.12 bits per heavy atom. The summed E-state index contributed by atoms with van der Waals surface area (Å²) >= 11 is 42.2. The second-order valence-electron chi connectivity index (χ2n) is 3.75. The Labute approximate surface area is 138 Å². The zero-order chi connectivity index (χ0) is 13.6. The molecule has 0 rings (SSSR count). The molecule has 6 unspecified atom stereocenters. The number of rotatable bonds is 8. The maximum atomic E-state index is 6.17. The van der Waals surface area contributed by atoms with Gasteiger partial charge in [0.1, 0.15) is 0 Å². The number of alkyl halides is 7. The lowest BCUT2D eigenvalue weighted by Gasteiger charge is -2.28. The summed E-state index contributed by atoms with van der Waals surface area (Å²) in [5, 5.41) is -2.84. The van der Waals surface area contributed by atoms with Crippen molar-refractivity contribution in [1.82, 2.24) is 0 Å². The van der Waals surface area contributed by atoms with Crippen molar-refractivity contribution in [3.63, 3.8) is 0 Å². The molecule has 0 bridgehead atoms. The average molecular weight is 383 g/mol. The van der Waals surface area contributed by atoms with Crippen molar-refractivity contribution < 1.29 is 0 Å². The molecule has 0 aromatic carbocycles. The van der Waals surface area contributed by atoms with Crippen molar-refractivity contribution in [1.29, 1.82) is 0 Å². The van der Waals surface area contributed by atoms with Gasteiger partial charge in [-0.3, -0.25) is 0 Å². The summed E-state index contributed by atoms with van der Waals surface area (Å²) < 4.78 is 0. The molecule has 0 amide bonds. The highest BCUT2D eigenvalue weighted by molar-refractivity contribution is 6.41. The van der Waals surface area contributed by atoms with Gasteiger partial charge in [-0.2, -0.15) is 0 Å². The molecular weight excluding hydrogens is 368 g/mol. The van der Waals surface area contributed by atoms with Gasteiger partial charge in [-0.05, 0) is 6.42 Å². The van der Waals surface area contributed by atoms with Crippen LogP contribution in [0.3, 0.4) is 0 Å². The fraction of sp³-hybridized carbons (Fsp3) is 1.00. The highest BCUT2D eigenvalue weighted by Gasteiger charge is 2.36. The van der Waals surface area contributed by atoms with E-state index in [1.165, 1.54) is 0 Å². The number of hydrogen-bond acceptors (Lipinski definition) is 0. The summed E-state index contributed by atoms with van der Waals surface area (Å²) in [7, 11) is 0. The quantitative estimate of drug-likeness (QED) is 0.474. The van der Waals surface area contributed by atoms with Crippen LogP contribution in [0.5, 0.6) is 0 Å². The molecular formula is C10H15Cl7. The number of halogens is 7. The Hall–Kier alpha value is 2.03. The molecule has 7 heteroatoms. The monoisotopic (exact) mass is 380 g/mol. The fourth-order valence-electron chi connectivity index (χ4n) is 1.27. The predicted molar refractivity (Wildman–Crippen MR) is 83.5 cm³/mol. The van der Waals surface area contributed by atoms with Gasteiger partial charge in [0.2, 0.25) is 0 Å². The molecule has 104 valence electrons. The highest BCUT2D eigenvalue weighted by atomic mass is 35.5. The first kappa shape index (κ1) is 19.0. The van der Waals surface area contributed by atoms with Crippen LogP contribution in [0.15, 0.2) is 0 Å². The van der Waals surface area contributed by atoms with E-state index in [9.17, 15) is 0 Å². The molecule has 0 aromatic rings. The third-order valence-electron chi connectivity index (χ3n) is 2.32. The molecule has 0 aliphatic carbocycles. The summed E-state index contributed by atoms with van der Waals surface area (Å²) in [6, 6.07) is 0. The van der Waals surface area contributed by atoms with Crippen LogP contribution >= 0.6 is 81.2 Å². The Balaban J connectivity index is 4.41. The van der Waals surface area contributed by atoms with Crippen LogP contribution in [0.25, 0.3) is 0 Å². The van der Waals surface area contributed by atoms with Crippen molar-refractivity contribution in [2.45, 2.75) is 52.0 Å². The van der Waals surface area contributed by atoms with Gasteiger partial charge in [0, 0.05) is 5.88 Å². The molecule has 0 aliphatic rings. The lowest BCUT2D eigenvalue weighted by atomic mass is 10.1. The molecule has 0 saturated carbocycles. The smallest absolute Gasteiger partial charge is 0.0693 e. The van der Waals surface area contributed by atoms with Gasteiger partial charge in [0.25, 0.3) is 0 Å². The molecule has 0 aliphatic heterocycles. The lowest BCUT2D eigenvalue weighted by Crippen LogP contribution is -2.40. The summed E-state index contributed by atoms with van der Waals surface area (Å²) in [4.78, 5) is 0. The van der Waals surface area contributed by atoms with E-state index in [0.717, 1.165) is 12.8 Å². The van der Waals surface area contributed by atoms with Gasteiger partial charge in [-0.1, -0.05) is 13.3 Å². The first-order chi connectivity index (χ1) is 7.86. The third kappa shape index (κ3) is 6.34. The van der Waals surface area contributed by atoms with Crippen LogP contribution in [0.1, 0.15) is 19.8 Å². The van der Waals surface area contributed by atoms with E-state index in [-0.39, 0.29) is 11.3 Å². The van der Waals surface area contributed by atoms with Gasteiger partial charge in [-0.15, -0.1) is 81.2 Å². The van der Waals surface area contributed by atoms with Crippen molar-refractivity contribution in [2.75, 3.05) is 5.88 Å². The van der Waals surface area contributed by atoms with E-state index < -0.39 is 26.9 Å². The minimum atomic E-state index is -0.583. The van der Waals surface area contributed by atoms with Gasteiger partial charge >= 0.3 is 0 Å². The molecule has 0 heterocycles. The topological polar surface area (TPSA) is 0 Å². The summed E-state index contributed by atoms with van der Waals surface area (Å²) in [5.41, 5.74) is 0. The van der Waals surface area contributed by atoms with E-state index in [1.807, 2.05) is 6.92 Å². The highest BCUT2D eigenvalue weighted by Crippen LogP contribution is 2.32. The minimum Gasteiger partial charge on any atom is -0.125 e. The third-order valence-corrected chi connectivity index (χ3v) is 6.60. The van der Waals surface area contributed by atoms with E-state index in [4.69, 9.17) is 81.2 Å². The minimum absolute atomic E-state index is 0.203. The molecule has 0 N–H and O–H groups in total. The van der Waals surface area contributed by atoms with Crippen LogP contribution in [-0.4, -0.2) is 38.1 Å². The van der Waals surface area contributed by atoms with E-state index in [2.05, 4.69) is 0 Å².